The summed E-state index contributed by atoms with van der Waals surface area (Å²) >= 11 is 0. The fourth-order valence-corrected chi connectivity index (χ4v) is 2.43. The lowest BCUT2D eigenvalue weighted by atomic mass is 10.2. The molecule has 1 aliphatic heterocycles. The number of nitrogens with one attached hydrogen (secondary N) is 1. The van der Waals surface area contributed by atoms with Gasteiger partial charge in [-0.25, -0.2) is 4.39 Å². The normalized spacial score (nSPS) is 19.6. The largest absolute Gasteiger partial charge is 0.419 e. The molecule has 6 heteroatoms. The Labute approximate surface area is 116 Å². The number of halogens is 1. The van der Waals surface area contributed by atoms with Gasteiger partial charge in [0.1, 0.15) is 5.82 Å². The zero-order valence-electron chi connectivity index (χ0n) is 11.3. The Hall–Kier alpha value is -1.79. The Morgan fingerprint density at radius 1 is 1.35 bits per heavy atom. The van der Waals surface area contributed by atoms with Gasteiger partial charge in [-0.3, -0.25) is 4.90 Å². The molecular formula is C14H17FN4O. The van der Waals surface area contributed by atoms with Crippen LogP contribution in [-0.4, -0.2) is 41.3 Å². The number of aromatic nitrogens is 2. The molecule has 0 spiro atoms. The Kier molecular flexibility index (Phi) is 3.75. The highest BCUT2D eigenvalue weighted by molar-refractivity contribution is 5.51. The molecule has 1 atom stereocenters. The van der Waals surface area contributed by atoms with Crippen molar-refractivity contribution in [1.82, 2.24) is 20.4 Å². The Balaban J connectivity index is 1.66. The highest BCUT2D eigenvalue weighted by Crippen LogP contribution is 2.19. The lowest BCUT2D eigenvalue weighted by Gasteiger charge is -2.12. The summed E-state index contributed by atoms with van der Waals surface area (Å²) in [5, 5.41) is 11.3. The predicted octanol–water partition coefficient (Wildman–Crippen LogP) is 1.67. The first-order valence-electron chi connectivity index (χ1n) is 6.72. The van der Waals surface area contributed by atoms with Gasteiger partial charge in [-0.05, 0) is 37.7 Å². The molecular weight excluding hydrogens is 259 g/mol. The van der Waals surface area contributed by atoms with E-state index in [1.165, 1.54) is 12.1 Å². The molecule has 1 aliphatic rings. The summed E-state index contributed by atoms with van der Waals surface area (Å²) in [6.07, 6.45) is 1.13. The fourth-order valence-electron chi connectivity index (χ4n) is 2.43. The monoisotopic (exact) mass is 276 g/mol. The van der Waals surface area contributed by atoms with Crippen molar-refractivity contribution in [3.8, 4) is 11.5 Å². The third-order valence-electron chi connectivity index (χ3n) is 3.60. The number of rotatable bonds is 4. The van der Waals surface area contributed by atoms with Crippen LogP contribution in [0, 0.1) is 5.82 Å². The van der Waals surface area contributed by atoms with Crippen molar-refractivity contribution >= 4 is 0 Å². The molecule has 0 amide bonds. The van der Waals surface area contributed by atoms with E-state index in [1.807, 2.05) is 7.05 Å². The summed E-state index contributed by atoms with van der Waals surface area (Å²) in [4.78, 5) is 2.28. The van der Waals surface area contributed by atoms with Gasteiger partial charge in [0.15, 0.2) is 0 Å². The number of likely N-dealkylation sites (tertiary alicyclic amines) is 1. The summed E-state index contributed by atoms with van der Waals surface area (Å²) in [5.41, 5.74) is 0.736. The molecule has 0 aliphatic carbocycles. The van der Waals surface area contributed by atoms with Crippen molar-refractivity contribution in [1.29, 1.82) is 0 Å². The molecule has 2 aromatic rings. The van der Waals surface area contributed by atoms with Crippen molar-refractivity contribution in [2.24, 2.45) is 0 Å². The van der Waals surface area contributed by atoms with Gasteiger partial charge in [-0.1, -0.05) is 0 Å². The zero-order valence-corrected chi connectivity index (χ0v) is 11.3. The number of hydrogen-bond acceptors (Lipinski definition) is 5. The number of hydrogen-bond donors (Lipinski definition) is 1. The molecule has 1 fully saturated rings. The highest BCUT2D eigenvalue weighted by Gasteiger charge is 2.22. The molecule has 5 nitrogen and oxygen atoms in total. The van der Waals surface area contributed by atoms with E-state index in [1.54, 1.807) is 12.1 Å². The smallest absolute Gasteiger partial charge is 0.247 e. The average molecular weight is 276 g/mol. The van der Waals surface area contributed by atoms with Crippen LogP contribution >= 0.6 is 0 Å². The molecule has 0 radical (unpaired) electrons. The minimum Gasteiger partial charge on any atom is -0.419 e. The summed E-state index contributed by atoms with van der Waals surface area (Å²) in [6, 6.07) is 6.59. The van der Waals surface area contributed by atoms with Gasteiger partial charge in [0.25, 0.3) is 0 Å². The van der Waals surface area contributed by atoms with Crippen molar-refractivity contribution in [2.75, 3.05) is 20.1 Å². The summed E-state index contributed by atoms with van der Waals surface area (Å²) in [5.74, 6) is 0.758. The quantitative estimate of drug-likeness (QED) is 0.920. The van der Waals surface area contributed by atoms with Crippen LogP contribution in [0.15, 0.2) is 28.7 Å². The highest BCUT2D eigenvalue weighted by atomic mass is 19.1. The molecule has 106 valence electrons. The van der Waals surface area contributed by atoms with Gasteiger partial charge in [0.05, 0.1) is 6.54 Å². The minimum absolute atomic E-state index is 0.274. The van der Waals surface area contributed by atoms with E-state index in [0.717, 1.165) is 25.1 Å². The van der Waals surface area contributed by atoms with Crippen LogP contribution in [0.3, 0.4) is 0 Å². The Morgan fingerprint density at radius 3 is 2.85 bits per heavy atom. The molecule has 20 heavy (non-hydrogen) atoms. The van der Waals surface area contributed by atoms with Crippen LogP contribution in [0.25, 0.3) is 11.5 Å². The predicted molar refractivity (Wildman–Crippen MR) is 72.4 cm³/mol. The van der Waals surface area contributed by atoms with E-state index in [4.69, 9.17) is 4.42 Å². The van der Waals surface area contributed by atoms with Crippen LogP contribution in [0.1, 0.15) is 12.3 Å². The van der Waals surface area contributed by atoms with Gasteiger partial charge >= 0.3 is 0 Å². The third-order valence-corrected chi connectivity index (χ3v) is 3.60. The molecule has 1 aromatic carbocycles. The SMILES string of the molecule is CNC1CCN(Cc2nnc(-c3ccc(F)cc3)o2)C1. The van der Waals surface area contributed by atoms with Crippen LogP contribution in [0.4, 0.5) is 4.39 Å². The maximum absolute atomic E-state index is 12.9. The van der Waals surface area contributed by atoms with Gasteiger partial charge < -0.3 is 9.73 Å². The third kappa shape index (κ3) is 2.86. The molecule has 1 saturated heterocycles. The fraction of sp³-hybridized carbons (Fsp3) is 0.429. The van der Waals surface area contributed by atoms with Gasteiger partial charge in [-0.2, -0.15) is 0 Å². The number of likely N-dealkylation sites (N-methyl/N-ethyl adjacent to an activating group) is 1. The topological polar surface area (TPSA) is 54.2 Å². The first kappa shape index (κ1) is 13.2. The van der Waals surface area contributed by atoms with E-state index in [2.05, 4.69) is 20.4 Å². The molecule has 1 N–H and O–H groups in total. The number of benzene rings is 1. The Morgan fingerprint density at radius 2 is 2.15 bits per heavy atom. The van der Waals surface area contributed by atoms with Crippen molar-refractivity contribution < 1.29 is 8.81 Å². The summed E-state index contributed by atoms with van der Waals surface area (Å²) in [6.45, 7) is 2.68. The van der Waals surface area contributed by atoms with E-state index in [-0.39, 0.29) is 5.82 Å². The molecule has 0 saturated carbocycles. The molecule has 2 heterocycles. The van der Waals surface area contributed by atoms with E-state index in [9.17, 15) is 4.39 Å². The minimum atomic E-state index is -0.274. The standard InChI is InChI=1S/C14H17FN4O/c1-16-12-6-7-19(8-12)9-13-17-18-14(20-13)10-2-4-11(15)5-3-10/h2-5,12,16H,6-9H2,1H3. The zero-order chi connectivity index (χ0) is 13.9. The Bertz CT molecular complexity index is 569. The maximum Gasteiger partial charge on any atom is 0.247 e. The van der Waals surface area contributed by atoms with E-state index < -0.39 is 0 Å². The molecule has 1 unspecified atom stereocenters. The van der Waals surface area contributed by atoms with Crippen molar-refractivity contribution in [2.45, 2.75) is 19.0 Å². The van der Waals surface area contributed by atoms with Crippen LogP contribution < -0.4 is 5.32 Å². The second-order valence-electron chi connectivity index (χ2n) is 5.02. The first-order valence-corrected chi connectivity index (χ1v) is 6.72. The average Bonchev–Trinajstić information content (AvgIpc) is 3.09. The van der Waals surface area contributed by atoms with Gasteiger partial charge in [0, 0.05) is 24.7 Å². The first-order chi connectivity index (χ1) is 9.74. The van der Waals surface area contributed by atoms with Crippen LogP contribution in [0.2, 0.25) is 0 Å². The van der Waals surface area contributed by atoms with Crippen LogP contribution in [-0.2, 0) is 6.54 Å². The van der Waals surface area contributed by atoms with Crippen molar-refractivity contribution in [3.63, 3.8) is 0 Å². The summed E-state index contributed by atoms with van der Waals surface area (Å²) in [7, 11) is 1.98. The second-order valence-corrected chi connectivity index (χ2v) is 5.02. The lowest BCUT2D eigenvalue weighted by molar-refractivity contribution is 0.286. The van der Waals surface area contributed by atoms with Gasteiger partial charge in [-0.15, -0.1) is 10.2 Å². The van der Waals surface area contributed by atoms with E-state index >= 15 is 0 Å². The van der Waals surface area contributed by atoms with Gasteiger partial charge in [0.2, 0.25) is 11.8 Å². The maximum atomic E-state index is 12.9. The summed E-state index contributed by atoms with van der Waals surface area (Å²) < 4.78 is 18.5. The molecule has 3 rings (SSSR count). The molecule has 1 aromatic heterocycles. The lowest BCUT2D eigenvalue weighted by Crippen LogP contribution is -2.29. The van der Waals surface area contributed by atoms with Crippen molar-refractivity contribution in [3.05, 3.63) is 36.0 Å². The number of nitrogens with zero attached hydrogens (tertiary/aromatic N) is 3. The van der Waals surface area contributed by atoms with Crippen LogP contribution in [0.5, 0.6) is 0 Å². The van der Waals surface area contributed by atoms with E-state index in [0.29, 0.717) is 24.4 Å². The molecule has 0 bridgehead atoms. The second kappa shape index (κ2) is 5.68.